The van der Waals surface area contributed by atoms with Crippen LogP contribution in [0.2, 0.25) is 0 Å². The molecule has 0 spiro atoms. The van der Waals surface area contributed by atoms with Crippen LogP contribution in [0.1, 0.15) is 18.6 Å². The Morgan fingerprint density at radius 2 is 2.36 bits per heavy atom. The van der Waals surface area contributed by atoms with E-state index in [0.717, 1.165) is 24.8 Å². The molecule has 4 heteroatoms. The minimum Gasteiger partial charge on any atom is -0.447 e. The first-order chi connectivity index (χ1) is 6.95. The quantitative estimate of drug-likeness (QED) is 0.827. The second-order valence-electron chi connectivity index (χ2n) is 3.65. The van der Waals surface area contributed by atoms with Crippen molar-refractivity contribution >= 4 is 11.8 Å². The number of oxazole rings is 1. The number of hydrogen-bond acceptors (Lipinski definition) is 4. The molecule has 1 N–H and O–H groups in total. The molecule has 3 nitrogen and oxygen atoms in total. The largest absolute Gasteiger partial charge is 0.447 e. The maximum Gasteiger partial charge on any atom is 0.180 e. The molecule has 14 heavy (non-hydrogen) atoms. The molecule has 1 fully saturated rings. The minimum absolute atomic E-state index is 0.809. The molecule has 1 aliphatic heterocycles. The van der Waals surface area contributed by atoms with Gasteiger partial charge in [-0.05, 0) is 36.8 Å². The van der Waals surface area contributed by atoms with E-state index >= 15 is 0 Å². The molecule has 0 aromatic carbocycles. The van der Waals surface area contributed by atoms with Gasteiger partial charge in [0.2, 0.25) is 0 Å². The first-order valence-corrected chi connectivity index (χ1v) is 6.26. The fourth-order valence-corrected chi connectivity index (χ4v) is 2.88. The summed E-state index contributed by atoms with van der Waals surface area (Å²) in [6.07, 6.45) is 5.96. The van der Waals surface area contributed by atoms with E-state index in [9.17, 15) is 0 Å². The molecule has 0 saturated carbocycles. The van der Waals surface area contributed by atoms with Crippen LogP contribution in [-0.4, -0.2) is 23.0 Å². The molecular formula is C10H16N2OS. The molecule has 0 unspecified atom stereocenters. The van der Waals surface area contributed by atoms with Crippen molar-refractivity contribution in [3.8, 4) is 0 Å². The van der Waals surface area contributed by atoms with Gasteiger partial charge >= 0.3 is 0 Å². The van der Waals surface area contributed by atoms with E-state index < -0.39 is 0 Å². The van der Waals surface area contributed by atoms with E-state index in [-0.39, 0.29) is 0 Å². The van der Waals surface area contributed by atoms with Gasteiger partial charge in [0.05, 0.1) is 12.7 Å². The lowest BCUT2D eigenvalue weighted by Gasteiger charge is -2.21. The van der Waals surface area contributed by atoms with E-state index in [4.69, 9.17) is 4.42 Å². The molecular weight excluding hydrogens is 196 g/mol. The summed E-state index contributed by atoms with van der Waals surface area (Å²) in [6.45, 7) is 1.92. The van der Waals surface area contributed by atoms with Crippen LogP contribution >= 0.6 is 11.8 Å². The Labute approximate surface area is 88.7 Å². The fourth-order valence-electron chi connectivity index (χ4n) is 1.68. The SMILES string of the molecule is c1ncc(CNCC2CCSCC2)o1. The van der Waals surface area contributed by atoms with E-state index in [0.29, 0.717) is 0 Å². The average molecular weight is 212 g/mol. The van der Waals surface area contributed by atoms with Gasteiger partial charge in [0.15, 0.2) is 6.39 Å². The molecule has 0 radical (unpaired) electrons. The average Bonchev–Trinajstić information content (AvgIpc) is 2.72. The third kappa shape index (κ3) is 3.03. The highest BCUT2D eigenvalue weighted by Gasteiger charge is 2.12. The summed E-state index contributed by atoms with van der Waals surface area (Å²) in [7, 11) is 0. The van der Waals surface area contributed by atoms with Gasteiger partial charge in [-0.3, -0.25) is 0 Å². The zero-order valence-corrected chi connectivity index (χ0v) is 9.05. The number of hydrogen-bond donors (Lipinski definition) is 1. The summed E-state index contributed by atoms with van der Waals surface area (Å²) < 4.78 is 5.15. The summed E-state index contributed by atoms with van der Waals surface area (Å²) in [4.78, 5) is 3.88. The van der Waals surface area contributed by atoms with E-state index in [1.54, 1.807) is 6.20 Å². The van der Waals surface area contributed by atoms with Crippen molar-refractivity contribution in [3.63, 3.8) is 0 Å². The Hall–Kier alpha value is -0.480. The number of nitrogens with zero attached hydrogens (tertiary/aromatic N) is 1. The fraction of sp³-hybridized carbons (Fsp3) is 0.700. The smallest absolute Gasteiger partial charge is 0.180 e. The van der Waals surface area contributed by atoms with E-state index in [1.165, 1.54) is 30.7 Å². The van der Waals surface area contributed by atoms with Crippen LogP contribution in [0.3, 0.4) is 0 Å². The van der Waals surface area contributed by atoms with Crippen molar-refractivity contribution < 1.29 is 4.42 Å². The topological polar surface area (TPSA) is 38.1 Å². The summed E-state index contributed by atoms with van der Waals surface area (Å²) >= 11 is 2.07. The molecule has 1 aromatic heterocycles. The van der Waals surface area contributed by atoms with Crippen LogP contribution in [0.25, 0.3) is 0 Å². The van der Waals surface area contributed by atoms with Crippen LogP contribution in [0.15, 0.2) is 17.0 Å². The second-order valence-corrected chi connectivity index (χ2v) is 4.88. The van der Waals surface area contributed by atoms with Gasteiger partial charge in [-0.1, -0.05) is 0 Å². The van der Waals surface area contributed by atoms with Crippen LogP contribution in [0, 0.1) is 5.92 Å². The van der Waals surface area contributed by atoms with Crippen LogP contribution in [0.4, 0.5) is 0 Å². The van der Waals surface area contributed by atoms with Gasteiger partial charge in [-0.15, -0.1) is 0 Å². The highest BCUT2D eigenvalue weighted by Crippen LogP contribution is 2.21. The summed E-state index contributed by atoms with van der Waals surface area (Å²) in [5.74, 6) is 4.44. The number of nitrogens with one attached hydrogen (secondary N) is 1. The molecule has 1 aromatic rings. The Kier molecular flexibility index (Phi) is 3.89. The van der Waals surface area contributed by atoms with E-state index in [2.05, 4.69) is 22.1 Å². The van der Waals surface area contributed by atoms with Gasteiger partial charge in [0.25, 0.3) is 0 Å². The third-order valence-electron chi connectivity index (χ3n) is 2.56. The highest BCUT2D eigenvalue weighted by atomic mass is 32.2. The van der Waals surface area contributed by atoms with Gasteiger partial charge < -0.3 is 9.73 Å². The monoisotopic (exact) mass is 212 g/mol. The number of aromatic nitrogens is 1. The Balaban J connectivity index is 1.62. The van der Waals surface area contributed by atoms with Crippen molar-refractivity contribution in [2.45, 2.75) is 19.4 Å². The number of rotatable bonds is 4. The maximum absolute atomic E-state index is 5.15. The summed E-state index contributed by atoms with van der Waals surface area (Å²) in [5, 5.41) is 3.41. The molecule has 0 bridgehead atoms. The number of thioether (sulfide) groups is 1. The predicted molar refractivity (Wildman–Crippen MR) is 58.3 cm³/mol. The maximum atomic E-state index is 5.15. The Morgan fingerprint density at radius 3 is 3.07 bits per heavy atom. The van der Waals surface area contributed by atoms with Crippen molar-refractivity contribution in [2.24, 2.45) is 5.92 Å². The first kappa shape index (κ1) is 10.1. The Bertz CT molecular complexity index is 245. The van der Waals surface area contributed by atoms with Crippen molar-refractivity contribution in [2.75, 3.05) is 18.1 Å². The summed E-state index contributed by atoms with van der Waals surface area (Å²) in [5.41, 5.74) is 0. The third-order valence-corrected chi connectivity index (χ3v) is 3.61. The minimum atomic E-state index is 0.809. The lowest BCUT2D eigenvalue weighted by atomic mass is 10.0. The van der Waals surface area contributed by atoms with Crippen LogP contribution in [0.5, 0.6) is 0 Å². The van der Waals surface area contributed by atoms with Gasteiger partial charge in [0, 0.05) is 0 Å². The molecule has 0 atom stereocenters. The lowest BCUT2D eigenvalue weighted by Crippen LogP contribution is -2.25. The predicted octanol–water partition coefficient (Wildman–Crippen LogP) is 1.91. The molecule has 2 rings (SSSR count). The molecule has 0 amide bonds. The second kappa shape index (κ2) is 5.41. The van der Waals surface area contributed by atoms with Gasteiger partial charge in [-0.25, -0.2) is 4.98 Å². The van der Waals surface area contributed by atoms with Crippen molar-refractivity contribution in [1.82, 2.24) is 10.3 Å². The first-order valence-electron chi connectivity index (χ1n) is 5.11. The molecule has 1 aliphatic rings. The Morgan fingerprint density at radius 1 is 1.50 bits per heavy atom. The van der Waals surface area contributed by atoms with Crippen LogP contribution < -0.4 is 5.32 Å². The van der Waals surface area contributed by atoms with Crippen molar-refractivity contribution in [1.29, 1.82) is 0 Å². The molecule has 78 valence electrons. The van der Waals surface area contributed by atoms with E-state index in [1.807, 2.05) is 0 Å². The zero-order valence-electron chi connectivity index (χ0n) is 8.24. The molecule has 2 heterocycles. The van der Waals surface area contributed by atoms with Crippen molar-refractivity contribution in [3.05, 3.63) is 18.4 Å². The zero-order chi connectivity index (χ0) is 9.64. The van der Waals surface area contributed by atoms with Gasteiger partial charge in [0.1, 0.15) is 5.76 Å². The highest BCUT2D eigenvalue weighted by molar-refractivity contribution is 7.99. The molecule has 0 aliphatic carbocycles. The van der Waals surface area contributed by atoms with Gasteiger partial charge in [-0.2, -0.15) is 11.8 Å². The molecule has 1 saturated heterocycles. The summed E-state index contributed by atoms with van der Waals surface area (Å²) in [6, 6.07) is 0. The standard InChI is InChI=1S/C10H16N2OS/c1-3-14-4-2-9(1)5-11-6-10-7-12-8-13-10/h7-9,11H,1-6H2. The van der Waals surface area contributed by atoms with Crippen LogP contribution in [-0.2, 0) is 6.54 Å². The lowest BCUT2D eigenvalue weighted by molar-refractivity contribution is 0.420. The normalized spacial score (nSPS) is 18.6.